The van der Waals surface area contributed by atoms with Crippen LogP contribution in [0.15, 0.2) is 0 Å². The van der Waals surface area contributed by atoms with Crippen molar-refractivity contribution in [1.29, 1.82) is 0 Å². The zero-order chi connectivity index (χ0) is 10.5. The zero-order valence-electron chi connectivity index (χ0n) is 9.72. The van der Waals surface area contributed by atoms with Gasteiger partial charge in [0.25, 0.3) is 0 Å². The monoisotopic (exact) mass is 187 g/mol. The van der Waals surface area contributed by atoms with E-state index in [4.69, 9.17) is 0 Å². The van der Waals surface area contributed by atoms with Crippen LogP contribution >= 0.6 is 0 Å². The van der Waals surface area contributed by atoms with Crippen molar-refractivity contribution in [3.63, 3.8) is 0 Å². The Kier molecular flexibility index (Phi) is 5.57. The summed E-state index contributed by atoms with van der Waals surface area (Å²) in [6.07, 6.45) is 1.90. The molecule has 0 aliphatic carbocycles. The first-order valence-electron chi connectivity index (χ1n) is 5.37. The van der Waals surface area contributed by atoms with Gasteiger partial charge in [0.05, 0.1) is 6.10 Å². The second-order valence-electron chi connectivity index (χ2n) is 4.37. The summed E-state index contributed by atoms with van der Waals surface area (Å²) < 4.78 is 0. The van der Waals surface area contributed by atoms with Gasteiger partial charge in [-0.05, 0) is 26.7 Å². The molecule has 0 fully saturated rings. The molecule has 0 aliphatic heterocycles. The highest BCUT2D eigenvalue weighted by atomic mass is 16.3. The minimum atomic E-state index is -0.242. The Hall–Kier alpha value is -0.0800. The van der Waals surface area contributed by atoms with Crippen LogP contribution in [0, 0.1) is 5.41 Å². The molecule has 0 rings (SSSR count). The van der Waals surface area contributed by atoms with Crippen LogP contribution in [-0.4, -0.2) is 23.8 Å². The topological polar surface area (TPSA) is 32.3 Å². The number of hydrogen-bond acceptors (Lipinski definition) is 2. The first kappa shape index (κ1) is 12.9. The van der Waals surface area contributed by atoms with E-state index in [1.807, 2.05) is 6.92 Å². The first-order valence-corrected chi connectivity index (χ1v) is 5.37. The van der Waals surface area contributed by atoms with Gasteiger partial charge < -0.3 is 10.4 Å². The van der Waals surface area contributed by atoms with Crippen LogP contribution in [0.5, 0.6) is 0 Å². The third kappa shape index (κ3) is 4.10. The normalized spacial score (nSPS) is 20.8. The molecule has 0 aromatic rings. The standard InChI is InChI=1S/C11H25NO/c1-6-9(3)12-8-11(5,7-2)10(4)13/h9-10,12-13H,6-8H2,1-5H3. The highest BCUT2D eigenvalue weighted by molar-refractivity contribution is 4.81. The largest absolute Gasteiger partial charge is 0.393 e. The molecule has 0 aliphatic rings. The van der Waals surface area contributed by atoms with E-state index < -0.39 is 0 Å². The molecule has 13 heavy (non-hydrogen) atoms. The number of hydrogen-bond donors (Lipinski definition) is 2. The summed E-state index contributed by atoms with van der Waals surface area (Å²) in [4.78, 5) is 0. The van der Waals surface area contributed by atoms with Crippen molar-refractivity contribution in [2.45, 2.75) is 59.6 Å². The van der Waals surface area contributed by atoms with Crippen LogP contribution < -0.4 is 5.32 Å². The molecule has 0 saturated carbocycles. The maximum Gasteiger partial charge on any atom is 0.0577 e. The Morgan fingerprint density at radius 2 is 1.85 bits per heavy atom. The summed E-state index contributed by atoms with van der Waals surface area (Å²) in [7, 11) is 0. The smallest absolute Gasteiger partial charge is 0.0577 e. The minimum absolute atomic E-state index is 0.0173. The van der Waals surface area contributed by atoms with Gasteiger partial charge in [0.15, 0.2) is 0 Å². The number of nitrogens with one attached hydrogen (secondary N) is 1. The molecule has 3 atom stereocenters. The third-order valence-corrected chi connectivity index (χ3v) is 3.28. The summed E-state index contributed by atoms with van der Waals surface area (Å²) in [6.45, 7) is 11.4. The molecule has 0 aromatic heterocycles. The highest BCUT2D eigenvalue weighted by Crippen LogP contribution is 2.24. The van der Waals surface area contributed by atoms with E-state index in [9.17, 15) is 5.11 Å². The lowest BCUT2D eigenvalue weighted by molar-refractivity contribution is 0.0473. The lowest BCUT2D eigenvalue weighted by atomic mass is 9.82. The molecule has 3 unspecified atom stereocenters. The molecular weight excluding hydrogens is 162 g/mol. The van der Waals surface area contributed by atoms with Crippen molar-refractivity contribution in [3.8, 4) is 0 Å². The van der Waals surface area contributed by atoms with Gasteiger partial charge in [-0.15, -0.1) is 0 Å². The number of aliphatic hydroxyl groups excluding tert-OH is 1. The Labute approximate surface area is 82.7 Å². The summed E-state index contributed by atoms with van der Waals surface area (Å²) in [5.74, 6) is 0. The van der Waals surface area contributed by atoms with E-state index in [2.05, 4.69) is 33.0 Å². The van der Waals surface area contributed by atoms with Crippen molar-refractivity contribution in [1.82, 2.24) is 5.32 Å². The predicted molar refractivity (Wildman–Crippen MR) is 57.8 cm³/mol. The van der Waals surface area contributed by atoms with Gasteiger partial charge in [0, 0.05) is 18.0 Å². The van der Waals surface area contributed by atoms with Crippen LogP contribution in [0.25, 0.3) is 0 Å². The molecule has 0 spiro atoms. The Balaban J connectivity index is 3.98. The molecule has 0 heterocycles. The Bertz CT molecular complexity index is 136. The SMILES string of the molecule is CCC(C)NCC(C)(CC)C(C)O. The molecular formula is C11H25NO. The number of rotatable bonds is 6. The van der Waals surface area contributed by atoms with E-state index in [-0.39, 0.29) is 11.5 Å². The first-order chi connectivity index (χ1) is 5.96. The fourth-order valence-corrected chi connectivity index (χ4v) is 1.12. The van der Waals surface area contributed by atoms with E-state index in [0.717, 1.165) is 19.4 Å². The van der Waals surface area contributed by atoms with E-state index in [1.54, 1.807) is 0 Å². The Morgan fingerprint density at radius 3 is 2.15 bits per heavy atom. The van der Waals surface area contributed by atoms with Crippen molar-refractivity contribution in [3.05, 3.63) is 0 Å². The van der Waals surface area contributed by atoms with Gasteiger partial charge >= 0.3 is 0 Å². The summed E-state index contributed by atoms with van der Waals surface area (Å²) in [5.41, 5.74) is 0.0173. The molecule has 2 nitrogen and oxygen atoms in total. The lowest BCUT2D eigenvalue weighted by Crippen LogP contribution is -2.42. The van der Waals surface area contributed by atoms with Crippen molar-refractivity contribution < 1.29 is 5.11 Å². The fourth-order valence-electron chi connectivity index (χ4n) is 1.12. The van der Waals surface area contributed by atoms with Crippen LogP contribution in [0.1, 0.15) is 47.5 Å². The van der Waals surface area contributed by atoms with E-state index in [0.29, 0.717) is 6.04 Å². The zero-order valence-corrected chi connectivity index (χ0v) is 9.72. The fraction of sp³-hybridized carbons (Fsp3) is 1.00. The maximum atomic E-state index is 9.62. The van der Waals surface area contributed by atoms with Gasteiger partial charge in [-0.3, -0.25) is 0 Å². The van der Waals surface area contributed by atoms with Gasteiger partial charge in [0.1, 0.15) is 0 Å². The maximum absolute atomic E-state index is 9.62. The van der Waals surface area contributed by atoms with Gasteiger partial charge in [-0.2, -0.15) is 0 Å². The highest BCUT2D eigenvalue weighted by Gasteiger charge is 2.27. The van der Waals surface area contributed by atoms with Crippen molar-refractivity contribution >= 4 is 0 Å². The second kappa shape index (κ2) is 5.61. The molecule has 0 bridgehead atoms. The quantitative estimate of drug-likeness (QED) is 0.668. The molecule has 0 aromatic carbocycles. The van der Waals surface area contributed by atoms with Crippen LogP contribution in [0.3, 0.4) is 0 Å². The van der Waals surface area contributed by atoms with E-state index in [1.165, 1.54) is 0 Å². The van der Waals surface area contributed by atoms with Crippen molar-refractivity contribution in [2.75, 3.05) is 6.54 Å². The molecule has 0 amide bonds. The molecule has 0 saturated heterocycles. The molecule has 80 valence electrons. The minimum Gasteiger partial charge on any atom is -0.393 e. The molecule has 2 N–H and O–H groups in total. The average molecular weight is 187 g/mol. The van der Waals surface area contributed by atoms with Gasteiger partial charge in [-0.1, -0.05) is 20.8 Å². The summed E-state index contributed by atoms with van der Waals surface area (Å²) in [5, 5.41) is 13.1. The van der Waals surface area contributed by atoms with Crippen molar-refractivity contribution in [2.24, 2.45) is 5.41 Å². The van der Waals surface area contributed by atoms with Gasteiger partial charge in [-0.25, -0.2) is 0 Å². The lowest BCUT2D eigenvalue weighted by Gasteiger charge is -2.33. The van der Waals surface area contributed by atoms with E-state index >= 15 is 0 Å². The average Bonchev–Trinajstić information content (AvgIpc) is 2.13. The second-order valence-corrected chi connectivity index (χ2v) is 4.37. The van der Waals surface area contributed by atoms with Crippen LogP contribution in [-0.2, 0) is 0 Å². The van der Waals surface area contributed by atoms with Gasteiger partial charge in [0.2, 0.25) is 0 Å². The summed E-state index contributed by atoms with van der Waals surface area (Å²) in [6, 6.07) is 0.546. The molecule has 0 radical (unpaired) electrons. The molecule has 2 heteroatoms. The van der Waals surface area contributed by atoms with Crippen LogP contribution in [0.4, 0.5) is 0 Å². The number of aliphatic hydroxyl groups is 1. The predicted octanol–water partition coefficient (Wildman–Crippen LogP) is 2.17. The Morgan fingerprint density at radius 1 is 1.31 bits per heavy atom. The third-order valence-electron chi connectivity index (χ3n) is 3.28. The summed E-state index contributed by atoms with van der Waals surface area (Å²) >= 11 is 0. The van der Waals surface area contributed by atoms with Crippen LogP contribution in [0.2, 0.25) is 0 Å².